The molecule has 0 fully saturated rings. The van der Waals surface area contributed by atoms with Crippen molar-refractivity contribution in [2.45, 2.75) is 26.8 Å². The summed E-state index contributed by atoms with van der Waals surface area (Å²) in [7, 11) is 1.60. The molecule has 3 aromatic rings. The molecule has 136 valence electrons. The van der Waals surface area contributed by atoms with Crippen LogP contribution in [-0.2, 0) is 6.54 Å². The van der Waals surface area contributed by atoms with E-state index in [1.165, 1.54) is 0 Å². The Kier molecular flexibility index (Phi) is 5.11. The molecule has 0 radical (unpaired) electrons. The SMILES string of the molecule is COc1ccccc1OCCCn1c(O)c(N=O)c2ccc(C)c(C)c21. The van der Waals surface area contributed by atoms with Crippen molar-refractivity contribution in [1.82, 2.24) is 4.57 Å². The molecule has 0 aliphatic carbocycles. The van der Waals surface area contributed by atoms with Gasteiger partial charge in [0.25, 0.3) is 0 Å². The van der Waals surface area contributed by atoms with Crippen molar-refractivity contribution >= 4 is 16.6 Å². The number of aromatic hydroxyl groups is 1. The molecule has 3 rings (SSSR count). The van der Waals surface area contributed by atoms with E-state index in [-0.39, 0.29) is 11.6 Å². The fourth-order valence-electron chi connectivity index (χ4n) is 3.14. The van der Waals surface area contributed by atoms with E-state index in [9.17, 15) is 10.0 Å². The number of methoxy groups -OCH3 is 1. The molecule has 0 amide bonds. The lowest BCUT2D eigenvalue weighted by Gasteiger charge is -2.12. The average molecular weight is 354 g/mol. The van der Waals surface area contributed by atoms with Gasteiger partial charge in [0.15, 0.2) is 17.2 Å². The highest BCUT2D eigenvalue weighted by Crippen LogP contribution is 2.40. The summed E-state index contributed by atoms with van der Waals surface area (Å²) >= 11 is 0. The number of hydrogen-bond donors (Lipinski definition) is 1. The van der Waals surface area contributed by atoms with Crippen LogP contribution < -0.4 is 9.47 Å². The molecule has 6 nitrogen and oxygen atoms in total. The Morgan fingerprint density at radius 2 is 1.85 bits per heavy atom. The molecule has 1 aromatic heterocycles. The largest absolute Gasteiger partial charge is 0.493 e. The highest BCUT2D eigenvalue weighted by molar-refractivity contribution is 5.97. The molecule has 26 heavy (non-hydrogen) atoms. The van der Waals surface area contributed by atoms with Crippen molar-refractivity contribution < 1.29 is 14.6 Å². The zero-order valence-electron chi connectivity index (χ0n) is 15.2. The molecule has 0 saturated carbocycles. The van der Waals surface area contributed by atoms with Crippen LogP contribution in [0.15, 0.2) is 41.6 Å². The van der Waals surface area contributed by atoms with Gasteiger partial charge in [0.1, 0.15) is 0 Å². The van der Waals surface area contributed by atoms with Crippen LogP contribution in [0.4, 0.5) is 5.69 Å². The summed E-state index contributed by atoms with van der Waals surface area (Å²) in [4.78, 5) is 11.2. The molecule has 0 aliphatic rings. The maximum atomic E-state index is 11.2. The Labute approximate surface area is 151 Å². The number of para-hydroxylation sites is 2. The van der Waals surface area contributed by atoms with Gasteiger partial charge in [0, 0.05) is 11.9 Å². The quantitative estimate of drug-likeness (QED) is 0.487. The lowest BCUT2D eigenvalue weighted by atomic mass is 10.1. The first-order chi connectivity index (χ1) is 12.6. The van der Waals surface area contributed by atoms with E-state index in [0.717, 1.165) is 16.6 Å². The van der Waals surface area contributed by atoms with Crippen LogP contribution in [-0.4, -0.2) is 23.4 Å². The average Bonchev–Trinajstić information content (AvgIpc) is 2.93. The van der Waals surface area contributed by atoms with E-state index in [1.54, 1.807) is 11.7 Å². The van der Waals surface area contributed by atoms with Gasteiger partial charge in [0.2, 0.25) is 5.88 Å². The summed E-state index contributed by atoms with van der Waals surface area (Å²) in [5.41, 5.74) is 3.06. The smallest absolute Gasteiger partial charge is 0.222 e. The van der Waals surface area contributed by atoms with E-state index in [0.29, 0.717) is 36.5 Å². The molecule has 0 bridgehead atoms. The van der Waals surface area contributed by atoms with Gasteiger partial charge in [-0.15, -0.1) is 4.91 Å². The first kappa shape index (κ1) is 17.8. The molecule has 0 unspecified atom stereocenters. The number of nitroso groups, excluding NO2 is 1. The molecule has 0 spiro atoms. The Morgan fingerprint density at radius 1 is 1.12 bits per heavy atom. The summed E-state index contributed by atoms with van der Waals surface area (Å²) in [6, 6.07) is 11.2. The van der Waals surface area contributed by atoms with Gasteiger partial charge in [-0.1, -0.05) is 24.3 Å². The molecule has 6 heteroatoms. The second kappa shape index (κ2) is 7.47. The van der Waals surface area contributed by atoms with E-state index in [2.05, 4.69) is 5.18 Å². The Morgan fingerprint density at radius 3 is 2.54 bits per heavy atom. The van der Waals surface area contributed by atoms with Gasteiger partial charge in [-0.05, 0) is 48.7 Å². The number of nitrogens with zero attached hydrogens (tertiary/aromatic N) is 2. The van der Waals surface area contributed by atoms with Gasteiger partial charge in [-0.3, -0.25) is 0 Å². The van der Waals surface area contributed by atoms with E-state index in [1.807, 2.05) is 50.2 Å². The fraction of sp³-hybridized carbons (Fsp3) is 0.300. The molecule has 1 heterocycles. The molecule has 1 N–H and O–H groups in total. The number of ether oxygens (including phenoxy) is 2. The highest BCUT2D eigenvalue weighted by atomic mass is 16.5. The molecule has 2 aromatic carbocycles. The highest BCUT2D eigenvalue weighted by Gasteiger charge is 2.19. The molecule has 0 saturated heterocycles. The van der Waals surface area contributed by atoms with E-state index in [4.69, 9.17) is 9.47 Å². The van der Waals surface area contributed by atoms with Crippen molar-refractivity contribution in [3.05, 3.63) is 52.4 Å². The zero-order chi connectivity index (χ0) is 18.7. The van der Waals surface area contributed by atoms with Crippen LogP contribution in [0.25, 0.3) is 10.9 Å². The summed E-state index contributed by atoms with van der Waals surface area (Å²) < 4.78 is 12.8. The van der Waals surface area contributed by atoms with Crippen molar-refractivity contribution in [2.24, 2.45) is 5.18 Å². The predicted molar refractivity (Wildman–Crippen MR) is 102 cm³/mol. The van der Waals surface area contributed by atoms with E-state index < -0.39 is 0 Å². The molecule has 0 aliphatic heterocycles. The van der Waals surface area contributed by atoms with Gasteiger partial charge in [-0.2, -0.15) is 0 Å². The van der Waals surface area contributed by atoms with Crippen LogP contribution in [0, 0.1) is 18.8 Å². The third-order valence-corrected chi connectivity index (χ3v) is 4.64. The summed E-state index contributed by atoms with van der Waals surface area (Å²) in [6.45, 7) is 4.95. The number of fused-ring (bicyclic) bond motifs is 1. The minimum atomic E-state index is -0.0963. The van der Waals surface area contributed by atoms with Crippen LogP contribution in [0.1, 0.15) is 17.5 Å². The van der Waals surface area contributed by atoms with Gasteiger partial charge >= 0.3 is 0 Å². The van der Waals surface area contributed by atoms with Crippen molar-refractivity contribution in [1.29, 1.82) is 0 Å². The maximum absolute atomic E-state index is 11.2. The van der Waals surface area contributed by atoms with Gasteiger partial charge in [0.05, 0.1) is 19.2 Å². The number of aromatic nitrogens is 1. The zero-order valence-corrected chi connectivity index (χ0v) is 15.2. The van der Waals surface area contributed by atoms with Crippen LogP contribution in [0.5, 0.6) is 17.4 Å². The minimum Gasteiger partial charge on any atom is -0.493 e. The Balaban J connectivity index is 1.80. The van der Waals surface area contributed by atoms with Gasteiger partial charge < -0.3 is 19.1 Å². The molecular formula is C20H22N2O4. The van der Waals surface area contributed by atoms with Crippen LogP contribution in [0.2, 0.25) is 0 Å². The monoisotopic (exact) mass is 354 g/mol. The predicted octanol–water partition coefficient (Wildman–Crippen LogP) is 4.84. The van der Waals surface area contributed by atoms with E-state index >= 15 is 0 Å². The lowest BCUT2D eigenvalue weighted by Crippen LogP contribution is -2.05. The third-order valence-electron chi connectivity index (χ3n) is 4.64. The first-order valence-corrected chi connectivity index (χ1v) is 8.49. The second-order valence-corrected chi connectivity index (χ2v) is 6.17. The molecule has 0 atom stereocenters. The topological polar surface area (TPSA) is 73.1 Å². The van der Waals surface area contributed by atoms with Crippen LogP contribution in [0.3, 0.4) is 0 Å². The lowest BCUT2D eigenvalue weighted by molar-refractivity contribution is 0.280. The minimum absolute atomic E-state index is 0.0914. The third kappa shape index (κ3) is 3.10. The second-order valence-electron chi connectivity index (χ2n) is 6.17. The van der Waals surface area contributed by atoms with Crippen molar-refractivity contribution in [3.63, 3.8) is 0 Å². The number of benzene rings is 2. The molecular weight excluding hydrogens is 332 g/mol. The Hall–Kier alpha value is -3.02. The Bertz CT molecular complexity index is 947. The maximum Gasteiger partial charge on any atom is 0.222 e. The summed E-state index contributed by atoms with van der Waals surface area (Å²) in [5, 5.41) is 14.1. The summed E-state index contributed by atoms with van der Waals surface area (Å²) in [6.07, 6.45) is 0.654. The normalized spacial score (nSPS) is 10.9. The first-order valence-electron chi connectivity index (χ1n) is 8.49. The standard InChI is InChI=1S/C20H22N2O4/c1-13-9-10-15-18(21-24)20(23)22(19(15)14(13)2)11-6-12-26-17-8-5-4-7-16(17)25-3/h4-5,7-10,23H,6,11-12H2,1-3H3. The van der Waals surface area contributed by atoms with Crippen LogP contribution >= 0.6 is 0 Å². The van der Waals surface area contributed by atoms with Crippen molar-refractivity contribution in [3.8, 4) is 17.4 Å². The number of hydrogen-bond acceptors (Lipinski definition) is 5. The number of aryl methyl sites for hydroxylation is 3. The van der Waals surface area contributed by atoms with Gasteiger partial charge in [-0.25, -0.2) is 0 Å². The number of rotatable bonds is 7. The van der Waals surface area contributed by atoms with Crippen molar-refractivity contribution in [2.75, 3.05) is 13.7 Å². The summed E-state index contributed by atoms with van der Waals surface area (Å²) in [5.74, 6) is 1.26. The fourth-order valence-corrected chi connectivity index (χ4v) is 3.14.